The summed E-state index contributed by atoms with van der Waals surface area (Å²) >= 11 is 0. The van der Waals surface area contributed by atoms with Crippen molar-refractivity contribution in [1.29, 1.82) is 0 Å². The van der Waals surface area contributed by atoms with Crippen molar-refractivity contribution in [3.63, 3.8) is 0 Å². The van der Waals surface area contributed by atoms with Crippen LogP contribution in [0.1, 0.15) is 0 Å². The number of aromatic nitrogens is 1. The third-order valence-corrected chi connectivity index (χ3v) is 10.5. The molecule has 0 radical (unpaired) electrons. The van der Waals surface area contributed by atoms with Crippen molar-refractivity contribution in [2.45, 2.75) is 0 Å². The molecule has 27 heavy (non-hydrogen) atoms. The number of benzene rings is 3. The van der Waals surface area contributed by atoms with Gasteiger partial charge in [0.25, 0.3) is 0 Å². The molecule has 4 aromatic rings. The maximum atomic E-state index is 6.93. The number of hydrogen-bond acceptors (Lipinski definition) is 2. The Kier molecular flexibility index (Phi) is 3.42. The second kappa shape index (κ2) is 5.82. The molecular weight excluding hydrogens is 350 g/mol. The molecule has 2 heterocycles. The molecule has 0 aliphatic carbocycles. The van der Waals surface area contributed by atoms with Crippen LogP contribution >= 0.6 is 0 Å². The second-order valence-corrected chi connectivity index (χ2v) is 11.0. The van der Waals surface area contributed by atoms with Crippen LogP contribution in [0.5, 0.6) is 5.88 Å². The van der Waals surface area contributed by atoms with Gasteiger partial charge in [-0.1, -0.05) is 0 Å². The van der Waals surface area contributed by atoms with Crippen LogP contribution in [0.15, 0.2) is 115 Å². The number of hydrogen-bond donors (Lipinski definition) is 0. The third kappa shape index (κ3) is 2.11. The average Bonchev–Trinajstić information content (AvgIpc) is 3.14. The van der Waals surface area contributed by atoms with Crippen LogP contribution in [-0.4, -0.2) is 7.84 Å². The normalized spacial score (nSPS) is 17.6. The van der Waals surface area contributed by atoms with E-state index in [1.807, 2.05) is 79.0 Å². The van der Waals surface area contributed by atoms with E-state index in [4.69, 9.17) is 8.95 Å². The monoisotopic (exact) mass is 369 g/mol. The Labute approximate surface area is 158 Å². The van der Waals surface area contributed by atoms with Crippen LogP contribution in [0.2, 0.25) is 0 Å². The van der Waals surface area contributed by atoms with Crippen molar-refractivity contribution in [3.8, 4) is 5.88 Å². The van der Waals surface area contributed by atoms with Crippen molar-refractivity contribution < 1.29 is 13.7 Å². The Morgan fingerprint density at radius 1 is 0.519 bits per heavy atom. The van der Waals surface area contributed by atoms with Crippen LogP contribution in [0.3, 0.4) is 0 Å². The fourth-order valence-corrected chi connectivity index (χ4v) is 9.21. The van der Waals surface area contributed by atoms with E-state index in [1.165, 1.54) is 0 Å². The molecule has 1 aromatic heterocycles. The van der Waals surface area contributed by atoms with Gasteiger partial charge in [0.1, 0.15) is 0 Å². The van der Waals surface area contributed by atoms with Crippen LogP contribution in [0.25, 0.3) is 0 Å². The average molecular weight is 369 g/mol. The first kappa shape index (κ1) is 15.8. The van der Waals surface area contributed by atoms with E-state index in [0.717, 1.165) is 15.6 Å². The Morgan fingerprint density at radius 3 is 1.41 bits per heavy atom. The molecule has 0 saturated carbocycles. The van der Waals surface area contributed by atoms with E-state index in [1.54, 1.807) is 4.73 Å². The number of rotatable bonds is 3. The summed E-state index contributed by atoms with van der Waals surface area (Å²) in [4.78, 5) is 0. The van der Waals surface area contributed by atoms with Crippen molar-refractivity contribution in [2.75, 3.05) is 0 Å². The van der Waals surface area contributed by atoms with Gasteiger partial charge in [0.2, 0.25) is 0 Å². The Hall–Kier alpha value is -3.37. The van der Waals surface area contributed by atoms with E-state index < -0.39 is 7.84 Å². The van der Waals surface area contributed by atoms with Gasteiger partial charge in [-0.2, -0.15) is 0 Å². The first-order valence-corrected chi connectivity index (χ1v) is 11.4. The Morgan fingerprint density at radius 2 is 0.963 bits per heavy atom. The molecule has 3 aromatic carbocycles. The first-order chi connectivity index (χ1) is 13.3. The Bertz CT molecular complexity index is 956. The van der Waals surface area contributed by atoms with E-state index in [9.17, 15) is 0 Å². The van der Waals surface area contributed by atoms with Gasteiger partial charge in [-0.3, -0.25) is 0 Å². The number of nitrogens with zero attached hydrogens (tertiary/aromatic N) is 1. The fraction of sp³-hybridized carbons (Fsp3) is 0. The number of pyridine rings is 1. The summed E-state index contributed by atoms with van der Waals surface area (Å²) in [6, 6.07) is 36.9. The summed E-state index contributed by atoms with van der Waals surface area (Å²) in [5.74, 6) is 0.711. The molecule has 5 rings (SSSR count). The molecule has 4 heteroatoms. The van der Waals surface area contributed by atoms with Gasteiger partial charge >= 0.3 is 158 Å². The van der Waals surface area contributed by atoms with Crippen LogP contribution < -0.4 is 29.2 Å². The SMILES string of the molecule is c1ccc([Si-]2(c3ccccc3)(c3ccccc3)Oc3cccc[n+]3O2)cc1. The quantitative estimate of drug-likeness (QED) is 0.407. The zero-order valence-electron chi connectivity index (χ0n) is 14.7. The third-order valence-electron chi connectivity index (χ3n) is 5.25. The molecule has 1 aliphatic heterocycles. The van der Waals surface area contributed by atoms with Crippen LogP contribution in [0, 0.1) is 0 Å². The molecule has 1 aliphatic rings. The van der Waals surface area contributed by atoms with Gasteiger partial charge in [0, 0.05) is 0 Å². The molecule has 0 amide bonds. The van der Waals surface area contributed by atoms with E-state index in [-0.39, 0.29) is 0 Å². The summed E-state index contributed by atoms with van der Waals surface area (Å²) in [6.45, 7) is 0. The standard InChI is InChI=1S/C23H19NO2Si/c1-4-12-20(13-5-1)27(21-14-6-2-7-15-21,22-16-8-3-9-17-22)25-23-18-10-11-19-24(23)26-27/h1-19H. The minimum absolute atomic E-state index is 0.711. The zero-order chi connectivity index (χ0) is 18.2. The second-order valence-electron chi connectivity index (χ2n) is 6.73. The molecule has 0 N–H and O–H groups in total. The maximum absolute atomic E-state index is 6.93. The van der Waals surface area contributed by atoms with Gasteiger partial charge in [-0.05, 0) is 0 Å². The van der Waals surface area contributed by atoms with Crippen molar-refractivity contribution in [2.24, 2.45) is 0 Å². The molecule has 132 valence electrons. The predicted molar refractivity (Wildman–Crippen MR) is 108 cm³/mol. The summed E-state index contributed by atoms with van der Waals surface area (Å²) in [7, 11) is -4.01. The fourth-order valence-electron chi connectivity index (χ4n) is 4.03. The molecule has 0 unspecified atom stereocenters. The Balaban J connectivity index is 1.94. The van der Waals surface area contributed by atoms with E-state index in [0.29, 0.717) is 5.88 Å². The van der Waals surface area contributed by atoms with Gasteiger partial charge in [-0.15, -0.1) is 0 Å². The van der Waals surface area contributed by atoms with Crippen molar-refractivity contribution in [3.05, 3.63) is 115 Å². The van der Waals surface area contributed by atoms with Crippen molar-refractivity contribution in [1.82, 2.24) is 0 Å². The van der Waals surface area contributed by atoms with E-state index >= 15 is 0 Å². The van der Waals surface area contributed by atoms with Crippen molar-refractivity contribution >= 4 is 23.4 Å². The van der Waals surface area contributed by atoms with E-state index in [2.05, 4.69) is 36.4 Å². The molecule has 0 atom stereocenters. The molecule has 0 fully saturated rings. The van der Waals surface area contributed by atoms with Crippen LogP contribution in [-0.2, 0) is 0 Å². The summed E-state index contributed by atoms with van der Waals surface area (Å²) in [5, 5.41) is 3.16. The predicted octanol–water partition coefficient (Wildman–Crippen LogP) is 1.91. The molecule has 0 spiro atoms. The zero-order valence-corrected chi connectivity index (χ0v) is 15.7. The van der Waals surface area contributed by atoms with Crippen LogP contribution in [0.4, 0.5) is 0 Å². The van der Waals surface area contributed by atoms with Gasteiger partial charge in [0.05, 0.1) is 0 Å². The topological polar surface area (TPSA) is 22.3 Å². The summed E-state index contributed by atoms with van der Waals surface area (Å²) < 4.78 is 15.6. The first-order valence-electron chi connectivity index (χ1n) is 9.05. The summed E-state index contributed by atoms with van der Waals surface area (Å²) in [5.41, 5.74) is 0. The summed E-state index contributed by atoms with van der Waals surface area (Å²) in [6.07, 6.45) is 1.91. The van der Waals surface area contributed by atoms with Gasteiger partial charge in [-0.25, -0.2) is 0 Å². The molecule has 0 saturated heterocycles. The minimum atomic E-state index is -4.01. The van der Waals surface area contributed by atoms with Gasteiger partial charge < -0.3 is 0 Å². The number of fused-ring (bicyclic) bond motifs is 1. The molecule has 3 nitrogen and oxygen atoms in total. The molecule has 0 bridgehead atoms. The molecular formula is C23H19NO2Si. The van der Waals surface area contributed by atoms with Gasteiger partial charge in [0.15, 0.2) is 0 Å².